The van der Waals surface area contributed by atoms with E-state index in [9.17, 15) is 17.2 Å². The van der Waals surface area contributed by atoms with Crippen molar-refractivity contribution in [2.24, 2.45) is 0 Å². The molecule has 1 aliphatic rings. The molecule has 0 aromatic heterocycles. The Bertz CT molecular complexity index is 1400. The molecule has 0 bridgehead atoms. The van der Waals surface area contributed by atoms with Gasteiger partial charge >= 0.3 is 0 Å². The van der Waals surface area contributed by atoms with Crippen LogP contribution < -0.4 is 0 Å². The molecule has 138 valence electrons. The van der Waals surface area contributed by atoms with Gasteiger partial charge in [0.2, 0.25) is 0 Å². The molecule has 0 saturated heterocycles. The molecule has 6 heteroatoms. The number of fused-ring (bicyclic) bond motifs is 4. The lowest BCUT2D eigenvalue weighted by atomic mass is 9.95. The van der Waals surface area contributed by atoms with E-state index in [4.69, 9.17) is 0 Å². The Hall–Kier alpha value is -2.80. The third-order valence-electron chi connectivity index (χ3n) is 5.02. The molecule has 28 heavy (non-hydrogen) atoms. The maximum Gasteiger partial charge on any atom is 0.294 e. The summed E-state index contributed by atoms with van der Waals surface area (Å²) >= 11 is 0. The highest BCUT2D eigenvalue weighted by molar-refractivity contribution is 7.86. The lowest BCUT2D eigenvalue weighted by molar-refractivity contribution is 0.483. The topological polar surface area (TPSA) is 71.4 Å². The van der Waals surface area contributed by atoms with Crippen molar-refractivity contribution in [2.75, 3.05) is 0 Å². The van der Waals surface area contributed by atoms with Crippen LogP contribution in [0, 0.1) is 0 Å². The molecule has 0 fully saturated rings. The van der Waals surface area contributed by atoms with E-state index in [1.807, 2.05) is 42.5 Å². The van der Waals surface area contributed by atoms with Gasteiger partial charge in [0, 0.05) is 11.1 Å². The number of hydrogen-bond donors (Lipinski definition) is 1. The van der Waals surface area contributed by atoms with Crippen molar-refractivity contribution >= 4 is 31.7 Å². The van der Waals surface area contributed by atoms with Gasteiger partial charge in [-0.2, -0.15) is 8.42 Å². The van der Waals surface area contributed by atoms with Gasteiger partial charge in [-0.15, -0.1) is 0 Å². The van der Waals surface area contributed by atoms with Crippen molar-refractivity contribution in [1.82, 2.24) is 0 Å². The Morgan fingerprint density at radius 2 is 1.39 bits per heavy atom. The van der Waals surface area contributed by atoms with E-state index in [2.05, 4.69) is 18.2 Å². The Morgan fingerprint density at radius 3 is 2.18 bits per heavy atom. The van der Waals surface area contributed by atoms with Gasteiger partial charge in [-0.25, -0.2) is 4.21 Å². The maximum absolute atomic E-state index is 12.8. The second-order valence-corrected chi connectivity index (χ2v) is 9.48. The van der Waals surface area contributed by atoms with Crippen LogP contribution >= 0.6 is 0 Å². The van der Waals surface area contributed by atoms with E-state index >= 15 is 0 Å². The van der Waals surface area contributed by atoms with E-state index in [0.717, 1.165) is 27.5 Å². The van der Waals surface area contributed by atoms with Crippen LogP contribution in [0.3, 0.4) is 0 Å². The van der Waals surface area contributed by atoms with Gasteiger partial charge in [0.1, 0.15) is 0 Å². The molecule has 4 nitrogen and oxygen atoms in total. The molecule has 0 saturated carbocycles. The Balaban J connectivity index is 1.75. The van der Waals surface area contributed by atoms with Crippen LogP contribution in [-0.2, 0) is 20.9 Å². The minimum absolute atomic E-state index is 0.202. The predicted molar refractivity (Wildman–Crippen MR) is 109 cm³/mol. The first kappa shape index (κ1) is 17.3. The van der Waals surface area contributed by atoms with Gasteiger partial charge in [0.05, 0.1) is 25.5 Å². The standard InChI is InChI=1S/C22H14O4S2/c23-27-21-10-8-15(18-7-3-5-14-4-1-2-6-17(14)18)12-19(21)20-13-16(28(24,25)26)9-11-22(20)27/h1-13H,(H,24,25,26). The average Bonchev–Trinajstić information content (AvgIpc) is 2.98. The minimum Gasteiger partial charge on any atom is -0.282 e. The molecular formula is C22H14O4S2. The molecule has 1 heterocycles. The predicted octanol–water partition coefficient (Wildman–Crippen LogP) is 4.90. The highest BCUT2D eigenvalue weighted by atomic mass is 32.2. The summed E-state index contributed by atoms with van der Waals surface area (Å²) in [6.45, 7) is 0. The smallest absolute Gasteiger partial charge is 0.282 e. The van der Waals surface area contributed by atoms with Crippen molar-refractivity contribution in [1.29, 1.82) is 0 Å². The highest BCUT2D eigenvalue weighted by Crippen LogP contribution is 2.44. The van der Waals surface area contributed by atoms with Crippen molar-refractivity contribution in [2.45, 2.75) is 14.7 Å². The van der Waals surface area contributed by atoms with Gasteiger partial charge in [-0.3, -0.25) is 4.55 Å². The molecule has 1 atom stereocenters. The normalized spacial score (nSPS) is 15.4. The molecule has 0 amide bonds. The van der Waals surface area contributed by atoms with Crippen molar-refractivity contribution in [3.63, 3.8) is 0 Å². The molecule has 4 aromatic carbocycles. The van der Waals surface area contributed by atoms with E-state index in [-0.39, 0.29) is 4.90 Å². The largest absolute Gasteiger partial charge is 0.294 e. The summed E-state index contributed by atoms with van der Waals surface area (Å²) in [5.74, 6) is 0. The number of rotatable bonds is 2. The fourth-order valence-electron chi connectivity index (χ4n) is 3.71. The van der Waals surface area contributed by atoms with E-state index in [1.54, 1.807) is 0 Å². The molecule has 1 aliphatic heterocycles. The fraction of sp³-hybridized carbons (Fsp3) is 0. The monoisotopic (exact) mass is 406 g/mol. The third kappa shape index (κ3) is 2.61. The van der Waals surface area contributed by atoms with Gasteiger partial charge in [-0.1, -0.05) is 48.5 Å². The van der Waals surface area contributed by atoms with Crippen LogP contribution in [0.25, 0.3) is 33.0 Å². The molecule has 1 unspecified atom stereocenters. The zero-order chi connectivity index (χ0) is 19.5. The Kier molecular flexibility index (Phi) is 3.77. The minimum atomic E-state index is -4.33. The van der Waals surface area contributed by atoms with Gasteiger partial charge in [0.15, 0.2) is 0 Å². The number of benzene rings is 4. The summed E-state index contributed by atoms with van der Waals surface area (Å²) in [7, 11) is -5.71. The van der Waals surface area contributed by atoms with E-state index < -0.39 is 20.9 Å². The first-order valence-electron chi connectivity index (χ1n) is 8.59. The summed E-state index contributed by atoms with van der Waals surface area (Å²) in [5, 5.41) is 2.23. The van der Waals surface area contributed by atoms with Gasteiger partial charge in [-0.05, 0) is 52.2 Å². The first-order valence-corrected chi connectivity index (χ1v) is 11.2. The Morgan fingerprint density at radius 1 is 0.714 bits per heavy atom. The lowest BCUT2D eigenvalue weighted by Crippen LogP contribution is -1.98. The van der Waals surface area contributed by atoms with Crippen LogP contribution in [0.5, 0.6) is 0 Å². The second-order valence-electron chi connectivity index (χ2n) is 6.64. The summed E-state index contributed by atoms with van der Waals surface area (Å²) in [6, 6.07) is 24.0. The van der Waals surface area contributed by atoms with E-state index in [0.29, 0.717) is 15.4 Å². The maximum atomic E-state index is 12.8. The van der Waals surface area contributed by atoms with E-state index in [1.165, 1.54) is 18.2 Å². The SMILES string of the molecule is O=S1c2ccc(-c3cccc4ccccc34)cc2-c2cc(S(=O)(=O)O)ccc21. The van der Waals surface area contributed by atoms with Crippen LogP contribution in [0.2, 0.25) is 0 Å². The zero-order valence-electron chi connectivity index (χ0n) is 14.5. The quantitative estimate of drug-likeness (QED) is 0.423. The zero-order valence-corrected chi connectivity index (χ0v) is 16.1. The third-order valence-corrected chi connectivity index (χ3v) is 7.38. The Labute approximate surface area is 164 Å². The molecular weight excluding hydrogens is 392 g/mol. The molecule has 5 rings (SSSR count). The fourth-order valence-corrected chi connectivity index (χ4v) is 5.57. The second kappa shape index (κ2) is 6.10. The van der Waals surface area contributed by atoms with Crippen LogP contribution in [0.1, 0.15) is 0 Å². The van der Waals surface area contributed by atoms with Crippen LogP contribution in [-0.4, -0.2) is 17.2 Å². The van der Waals surface area contributed by atoms with Gasteiger partial charge in [0.25, 0.3) is 10.1 Å². The highest BCUT2D eigenvalue weighted by Gasteiger charge is 2.27. The van der Waals surface area contributed by atoms with Crippen molar-refractivity contribution in [3.8, 4) is 22.3 Å². The molecule has 1 N–H and O–H groups in total. The number of hydrogen-bond acceptors (Lipinski definition) is 3. The summed E-state index contributed by atoms with van der Waals surface area (Å²) in [4.78, 5) is 0.996. The van der Waals surface area contributed by atoms with Gasteiger partial charge < -0.3 is 0 Å². The lowest BCUT2D eigenvalue weighted by Gasteiger charge is -2.09. The summed E-state index contributed by atoms with van der Waals surface area (Å²) in [5.41, 5.74) is 3.30. The molecule has 0 spiro atoms. The summed E-state index contributed by atoms with van der Waals surface area (Å²) < 4.78 is 45.3. The molecule has 4 aromatic rings. The van der Waals surface area contributed by atoms with Crippen molar-refractivity contribution < 1.29 is 17.2 Å². The molecule has 0 aliphatic carbocycles. The van der Waals surface area contributed by atoms with Crippen LogP contribution in [0.15, 0.2) is 93.5 Å². The van der Waals surface area contributed by atoms with Crippen LogP contribution in [0.4, 0.5) is 0 Å². The summed E-state index contributed by atoms with van der Waals surface area (Å²) in [6.07, 6.45) is 0. The first-order chi connectivity index (χ1) is 13.4. The molecule has 0 radical (unpaired) electrons. The van der Waals surface area contributed by atoms with Crippen molar-refractivity contribution in [3.05, 3.63) is 78.9 Å². The average molecular weight is 406 g/mol.